The summed E-state index contributed by atoms with van der Waals surface area (Å²) in [5.74, 6) is -0.825. The number of carboxylic acid groups (broad SMARTS) is 1. The SMILES string of the molecule is CCC1CCC(C)N1C(=O)CC(CC)(CC)C(=O)O. The molecule has 2 unspecified atom stereocenters. The smallest absolute Gasteiger partial charge is 0.310 e. The number of carbonyl (C=O) groups excluding carboxylic acids is 1. The lowest BCUT2D eigenvalue weighted by Crippen LogP contribution is -2.44. The zero-order valence-electron chi connectivity index (χ0n) is 12.6. The van der Waals surface area contributed by atoms with Gasteiger partial charge in [0.05, 0.1) is 5.41 Å². The van der Waals surface area contributed by atoms with E-state index in [2.05, 4.69) is 13.8 Å². The molecule has 1 heterocycles. The number of aliphatic carboxylic acids is 1. The molecule has 1 N–H and O–H groups in total. The van der Waals surface area contributed by atoms with Gasteiger partial charge in [0.25, 0.3) is 0 Å². The molecule has 0 radical (unpaired) electrons. The van der Waals surface area contributed by atoms with Crippen LogP contribution in [0.25, 0.3) is 0 Å². The van der Waals surface area contributed by atoms with E-state index >= 15 is 0 Å². The number of amides is 1. The van der Waals surface area contributed by atoms with Gasteiger partial charge in [-0.2, -0.15) is 0 Å². The molecule has 1 fully saturated rings. The molecule has 0 aromatic carbocycles. The molecule has 1 rings (SSSR count). The summed E-state index contributed by atoms with van der Waals surface area (Å²) >= 11 is 0. The van der Waals surface area contributed by atoms with Gasteiger partial charge in [0.2, 0.25) is 5.91 Å². The third kappa shape index (κ3) is 3.10. The van der Waals surface area contributed by atoms with E-state index < -0.39 is 11.4 Å². The summed E-state index contributed by atoms with van der Waals surface area (Å²) in [6, 6.07) is 0.542. The Morgan fingerprint density at radius 2 is 1.79 bits per heavy atom. The maximum absolute atomic E-state index is 12.5. The van der Waals surface area contributed by atoms with Crippen LogP contribution in [0, 0.1) is 5.41 Å². The average Bonchev–Trinajstić information content (AvgIpc) is 2.76. The van der Waals surface area contributed by atoms with Crippen molar-refractivity contribution >= 4 is 11.9 Å². The second kappa shape index (κ2) is 6.40. The summed E-state index contributed by atoms with van der Waals surface area (Å²) in [5.41, 5.74) is -0.891. The minimum absolute atomic E-state index is 0.0166. The van der Waals surface area contributed by atoms with Crippen LogP contribution in [0.2, 0.25) is 0 Å². The summed E-state index contributed by atoms with van der Waals surface area (Å²) in [4.78, 5) is 26.0. The number of hydrogen-bond donors (Lipinski definition) is 1. The number of nitrogens with zero attached hydrogens (tertiary/aromatic N) is 1. The molecule has 110 valence electrons. The lowest BCUT2D eigenvalue weighted by Gasteiger charge is -2.33. The van der Waals surface area contributed by atoms with Crippen molar-refractivity contribution in [1.29, 1.82) is 0 Å². The van der Waals surface area contributed by atoms with Crippen LogP contribution in [0.15, 0.2) is 0 Å². The molecule has 19 heavy (non-hydrogen) atoms. The van der Waals surface area contributed by atoms with Crippen LogP contribution in [-0.4, -0.2) is 34.0 Å². The molecule has 0 aromatic rings. The highest BCUT2D eigenvalue weighted by Crippen LogP contribution is 2.34. The Balaban J connectivity index is 2.85. The van der Waals surface area contributed by atoms with Crippen molar-refractivity contribution < 1.29 is 14.7 Å². The van der Waals surface area contributed by atoms with E-state index in [1.165, 1.54) is 0 Å². The van der Waals surface area contributed by atoms with E-state index in [9.17, 15) is 14.7 Å². The van der Waals surface area contributed by atoms with E-state index in [1.807, 2.05) is 18.7 Å². The minimum Gasteiger partial charge on any atom is -0.481 e. The zero-order chi connectivity index (χ0) is 14.6. The van der Waals surface area contributed by atoms with Gasteiger partial charge >= 0.3 is 5.97 Å². The van der Waals surface area contributed by atoms with E-state index in [0.717, 1.165) is 19.3 Å². The third-order valence-corrected chi connectivity index (χ3v) is 4.84. The number of carboxylic acids is 1. The Hall–Kier alpha value is -1.06. The molecule has 1 aliphatic rings. The van der Waals surface area contributed by atoms with Crippen molar-refractivity contribution in [2.45, 2.75) is 78.3 Å². The fourth-order valence-corrected chi connectivity index (χ4v) is 3.18. The van der Waals surface area contributed by atoms with Crippen LogP contribution in [-0.2, 0) is 9.59 Å². The van der Waals surface area contributed by atoms with Gasteiger partial charge in [0.1, 0.15) is 0 Å². The molecule has 2 atom stereocenters. The predicted molar refractivity (Wildman–Crippen MR) is 74.9 cm³/mol. The number of hydrogen-bond acceptors (Lipinski definition) is 2. The monoisotopic (exact) mass is 269 g/mol. The minimum atomic E-state index is -0.891. The average molecular weight is 269 g/mol. The largest absolute Gasteiger partial charge is 0.481 e. The zero-order valence-corrected chi connectivity index (χ0v) is 12.6. The first-order valence-electron chi connectivity index (χ1n) is 7.46. The first-order valence-corrected chi connectivity index (χ1v) is 7.46. The quantitative estimate of drug-likeness (QED) is 0.806. The van der Waals surface area contributed by atoms with Gasteiger partial charge in [-0.25, -0.2) is 0 Å². The second-order valence-electron chi connectivity index (χ2n) is 5.76. The van der Waals surface area contributed by atoms with Crippen LogP contribution < -0.4 is 0 Å². The Kier molecular flexibility index (Phi) is 5.39. The molecule has 1 saturated heterocycles. The summed E-state index contributed by atoms with van der Waals surface area (Å²) in [6.45, 7) is 7.87. The summed E-state index contributed by atoms with van der Waals surface area (Å²) in [7, 11) is 0. The van der Waals surface area contributed by atoms with E-state index in [4.69, 9.17) is 0 Å². The highest BCUT2D eigenvalue weighted by Gasteiger charge is 2.41. The molecule has 1 amide bonds. The molecule has 0 spiro atoms. The van der Waals surface area contributed by atoms with Crippen LogP contribution in [0.1, 0.15) is 66.2 Å². The van der Waals surface area contributed by atoms with Crippen molar-refractivity contribution in [3.63, 3.8) is 0 Å². The fourth-order valence-electron chi connectivity index (χ4n) is 3.18. The molecule has 0 aliphatic carbocycles. The Morgan fingerprint density at radius 3 is 2.21 bits per heavy atom. The summed E-state index contributed by atoms with van der Waals surface area (Å²) < 4.78 is 0. The standard InChI is InChI=1S/C15H27NO3/c1-5-12-9-8-11(4)16(12)13(17)10-15(6-2,7-3)14(18)19/h11-12H,5-10H2,1-4H3,(H,18,19). The van der Waals surface area contributed by atoms with E-state index in [-0.39, 0.29) is 18.4 Å². The number of carbonyl (C=O) groups is 2. The first kappa shape index (κ1) is 16.0. The second-order valence-corrected chi connectivity index (χ2v) is 5.76. The van der Waals surface area contributed by atoms with Crippen molar-refractivity contribution in [2.75, 3.05) is 0 Å². The van der Waals surface area contributed by atoms with Gasteiger partial charge in [0.15, 0.2) is 0 Å². The van der Waals surface area contributed by atoms with Gasteiger partial charge < -0.3 is 10.0 Å². The summed E-state index contributed by atoms with van der Waals surface area (Å²) in [5, 5.41) is 9.43. The number of rotatable bonds is 6. The molecular formula is C15H27NO3. The Labute approximate surface area is 116 Å². The highest BCUT2D eigenvalue weighted by atomic mass is 16.4. The number of likely N-dealkylation sites (tertiary alicyclic amines) is 1. The lowest BCUT2D eigenvalue weighted by atomic mass is 9.78. The van der Waals surface area contributed by atoms with E-state index in [0.29, 0.717) is 18.9 Å². The van der Waals surface area contributed by atoms with Gasteiger partial charge in [-0.15, -0.1) is 0 Å². The fraction of sp³-hybridized carbons (Fsp3) is 0.867. The van der Waals surface area contributed by atoms with Gasteiger partial charge in [0, 0.05) is 18.5 Å². The lowest BCUT2D eigenvalue weighted by molar-refractivity contribution is -0.155. The van der Waals surface area contributed by atoms with Crippen molar-refractivity contribution in [2.24, 2.45) is 5.41 Å². The molecular weight excluding hydrogens is 242 g/mol. The summed E-state index contributed by atoms with van der Waals surface area (Å²) in [6.07, 6.45) is 4.17. The molecule has 0 saturated carbocycles. The molecule has 4 nitrogen and oxygen atoms in total. The van der Waals surface area contributed by atoms with Gasteiger partial charge in [-0.3, -0.25) is 9.59 Å². The van der Waals surface area contributed by atoms with E-state index in [1.54, 1.807) is 0 Å². The third-order valence-electron chi connectivity index (χ3n) is 4.84. The molecule has 0 aromatic heterocycles. The first-order chi connectivity index (χ1) is 8.91. The highest BCUT2D eigenvalue weighted by molar-refractivity contribution is 5.85. The van der Waals surface area contributed by atoms with Crippen molar-refractivity contribution in [3.8, 4) is 0 Å². The van der Waals surface area contributed by atoms with Crippen LogP contribution in [0.4, 0.5) is 0 Å². The molecule has 1 aliphatic heterocycles. The van der Waals surface area contributed by atoms with Crippen LogP contribution in [0.5, 0.6) is 0 Å². The topological polar surface area (TPSA) is 57.6 Å². The molecule has 4 heteroatoms. The normalized spacial score (nSPS) is 23.7. The van der Waals surface area contributed by atoms with Gasteiger partial charge in [-0.1, -0.05) is 20.8 Å². The molecule has 0 bridgehead atoms. The Bertz CT molecular complexity index is 336. The van der Waals surface area contributed by atoms with Crippen LogP contribution in [0.3, 0.4) is 0 Å². The van der Waals surface area contributed by atoms with Crippen molar-refractivity contribution in [3.05, 3.63) is 0 Å². The predicted octanol–water partition coefficient (Wildman–Crippen LogP) is 3.06. The van der Waals surface area contributed by atoms with Gasteiger partial charge in [-0.05, 0) is 39.0 Å². The maximum Gasteiger partial charge on any atom is 0.310 e. The van der Waals surface area contributed by atoms with Crippen LogP contribution >= 0.6 is 0 Å². The maximum atomic E-state index is 12.5. The van der Waals surface area contributed by atoms with Crippen molar-refractivity contribution in [1.82, 2.24) is 4.90 Å². The Morgan fingerprint density at radius 1 is 1.21 bits per heavy atom.